The van der Waals surface area contributed by atoms with Gasteiger partial charge in [0.1, 0.15) is 5.75 Å². The van der Waals surface area contributed by atoms with E-state index in [0.717, 1.165) is 25.9 Å². The molecule has 0 spiro atoms. The normalized spacial score (nSPS) is 14.9. The molecule has 0 bridgehead atoms. The molecule has 3 aromatic rings. The standard InChI is InChI=1S/C27H31N3O4S/c1-29(24-12-6-7-13-26(24)34-2)35(32,33)23-16-14-22(15-17-23)27(31)28-20-25(30-18-8-9-19-30)21-10-4-3-5-11-21/h3-7,10-17,25H,8-9,18-20H2,1-2H3,(H,28,31)/t25-/m0/s1. The number of sulfonamides is 1. The van der Waals surface area contributed by atoms with Gasteiger partial charge in [-0.3, -0.25) is 14.0 Å². The van der Waals surface area contributed by atoms with Gasteiger partial charge in [-0.15, -0.1) is 0 Å². The molecule has 184 valence electrons. The number of methoxy groups -OCH3 is 1. The van der Waals surface area contributed by atoms with Crippen molar-refractivity contribution in [1.29, 1.82) is 0 Å². The zero-order chi connectivity index (χ0) is 24.8. The lowest BCUT2D eigenvalue weighted by Gasteiger charge is -2.28. The van der Waals surface area contributed by atoms with Crippen LogP contribution in [-0.2, 0) is 10.0 Å². The zero-order valence-corrected chi connectivity index (χ0v) is 20.9. The van der Waals surface area contributed by atoms with Gasteiger partial charge < -0.3 is 10.1 Å². The van der Waals surface area contributed by atoms with Gasteiger partial charge in [0.2, 0.25) is 0 Å². The van der Waals surface area contributed by atoms with Gasteiger partial charge in [-0.1, -0.05) is 42.5 Å². The molecule has 1 N–H and O–H groups in total. The molecule has 8 heteroatoms. The summed E-state index contributed by atoms with van der Waals surface area (Å²) < 4.78 is 32.8. The van der Waals surface area contributed by atoms with Crippen molar-refractivity contribution in [2.45, 2.75) is 23.8 Å². The molecule has 0 saturated carbocycles. The molecule has 3 aromatic carbocycles. The van der Waals surface area contributed by atoms with E-state index in [-0.39, 0.29) is 16.8 Å². The summed E-state index contributed by atoms with van der Waals surface area (Å²) in [5.74, 6) is 0.229. The summed E-state index contributed by atoms with van der Waals surface area (Å²) in [5.41, 5.74) is 2.03. The van der Waals surface area contributed by atoms with E-state index < -0.39 is 10.0 Å². The first-order valence-electron chi connectivity index (χ1n) is 11.7. The fourth-order valence-corrected chi connectivity index (χ4v) is 5.64. The van der Waals surface area contributed by atoms with Gasteiger partial charge in [-0.05, 0) is 67.9 Å². The summed E-state index contributed by atoms with van der Waals surface area (Å²) in [6.07, 6.45) is 2.33. The monoisotopic (exact) mass is 493 g/mol. The molecule has 0 radical (unpaired) electrons. The van der Waals surface area contributed by atoms with Crippen LogP contribution in [0.5, 0.6) is 5.75 Å². The summed E-state index contributed by atoms with van der Waals surface area (Å²) in [6.45, 7) is 2.52. The second-order valence-electron chi connectivity index (χ2n) is 8.55. The molecule has 4 rings (SSSR count). The summed E-state index contributed by atoms with van der Waals surface area (Å²) in [6, 6.07) is 23.3. The van der Waals surface area contributed by atoms with Gasteiger partial charge in [-0.2, -0.15) is 0 Å². The Balaban J connectivity index is 1.46. The quantitative estimate of drug-likeness (QED) is 0.486. The molecule has 1 heterocycles. The molecule has 7 nitrogen and oxygen atoms in total. The number of ether oxygens (including phenoxy) is 1. The maximum Gasteiger partial charge on any atom is 0.264 e. The highest BCUT2D eigenvalue weighted by atomic mass is 32.2. The van der Waals surface area contributed by atoms with Crippen molar-refractivity contribution in [3.05, 3.63) is 90.0 Å². The van der Waals surface area contributed by atoms with Crippen LogP contribution in [0, 0.1) is 0 Å². The summed E-state index contributed by atoms with van der Waals surface area (Å²) in [5, 5.41) is 3.04. The van der Waals surface area contributed by atoms with Crippen LogP contribution in [0.15, 0.2) is 83.8 Å². The maximum atomic E-state index is 13.2. The van der Waals surface area contributed by atoms with Crippen molar-refractivity contribution in [3.8, 4) is 5.75 Å². The van der Waals surface area contributed by atoms with Crippen LogP contribution >= 0.6 is 0 Å². The second kappa shape index (κ2) is 10.9. The number of rotatable bonds is 9. The molecule has 0 unspecified atom stereocenters. The topological polar surface area (TPSA) is 78.9 Å². The van der Waals surface area contributed by atoms with Crippen molar-refractivity contribution in [2.75, 3.05) is 38.1 Å². The second-order valence-corrected chi connectivity index (χ2v) is 10.5. The third-order valence-electron chi connectivity index (χ3n) is 6.42. The first-order valence-corrected chi connectivity index (χ1v) is 13.1. The maximum absolute atomic E-state index is 13.2. The molecule has 1 amide bonds. The van der Waals surface area contributed by atoms with Crippen LogP contribution in [0.2, 0.25) is 0 Å². The van der Waals surface area contributed by atoms with Crippen LogP contribution < -0.4 is 14.4 Å². The first kappa shape index (κ1) is 24.8. The van der Waals surface area contributed by atoms with E-state index >= 15 is 0 Å². The fraction of sp³-hybridized carbons (Fsp3) is 0.296. The van der Waals surface area contributed by atoms with Gasteiger partial charge in [0.25, 0.3) is 15.9 Å². The van der Waals surface area contributed by atoms with Gasteiger partial charge >= 0.3 is 0 Å². The van der Waals surface area contributed by atoms with Crippen LogP contribution in [0.4, 0.5) is 5.69 Å². The van der Waals surface area contributed by atoms with Crippen LogP contribution in [-0.4, -0.2) is 53.0 Å². The Bertz CT molecular complexity index is 1240. The number of carbonyl (C=O) groups excluding carboxylic acids is 1. The lowest BCUT2D eigenvalue weighted by Crippen LogP contribution is -2.36. The summed E-state index contributed by atoms with van der Waals surface area (Å²) >= 11 is 0. The van der Waals surface area contributed by atoms with Crippen molar-refractivity contribution in [3.63, 3.8) is 0 Å². The van der Waals surface area contributed by atoms with Gasteiger partial charge in [0.05, 0.1) is 23.7 Å². The Kier molecular flexibility index (Phi) is 7.73. The predicted molar refractivity (Wildman–Crippen MR) is 137 cm³/mol. The summed E-state index contributed by atoms with van der Waals surface area (Å²) in [4.78, 5) is 15.4. The number of carbonyl (C=O) groups is 1. The van der Waals surface area contributed by atoms with E-state index in [1.807, 2.05) is 18.2 Å². The Morgan fingerprint density at radius 2 is 1.60 bits per heavy atom. The van der Waals surface area contributed by atoms with Crippen LogP contribution in [0.25, 0.3) is 0 Å². The highest BCUT2D eigenvalue weighted by Crippen LogP contribution is 2.31. The van der Waals surface area contributed by atoms with E-state index in [0.29, 0.717) is 23.5 Å². The van der Waals surface area contributed by atoms with Crippen molar-refractivity contribution in [2.24, 2.45) is 0 Å². The van der Waals surface area contributed by atoms with E-state index in [1.165, 1.54) is 36.2 Å². The molecule has 1 saturated heterocycles. The van der Waals surface area contributed by atoms with Gasteiger partial charge in [-0.25, -0.2) is 8.42 Å². The van der Waals surface area contributed by atoms with E-state index in [9.17, 15) is 13.2 Å². The number of hydrogen-bond acceptors (Lipinski definition) is 5. The smallest absolute Gasteiger partial charge is 0.264 e. The SMILES string of the molecule is COc1ccccc1N(C)S(=O)(=O)c1ccc(C(=O)NC[C@@H](c2ccccc2)N2CCCC2)cc1. The minimum Gasteiger partial charge on any atom is -0.495 e. The third kappa shape index (κ3) is 5.49. The number of nitrogens with one attached hydrogen (secondary N) is 1. The first-order chi connectivity index (χ1) is 16.9. The lowest BCUT2D eigenvalue weighted by atomic mass is 10.1. The number of hydrogen-bond donors (Lipinski definition) is 1. The Morgan fingerprint density at radius 1 is 0.971 bits per heavy atom. The average molecular weight is 494 g/mol. The van der Waals surface area contributed by atoms with Crippen molar-refractivity contribution in [1.82, 2.24) is 10.2 Å². The Hall–Kier alpha value is -3.36. The number of amides is 1. The van der Waals surface area contributed by atoms with Gasteiger partial charge in [0.15, 0.2) is 0 Å². The molecule has 35 heavy (non-hydrogen) atoms. The molecular weight excluding hydrogens is 462 g/mol. The molecule has 0 aliphatic carbocycles. The molecule has 1 fully saturated rings. The van der Waals surface area contributed by atoms with E-state index in [1.54, 1.807) is 36.4 Å². The molecule has 0 aromatic heterocycles. The molecular formula is C27H31N3O4S. The number of nitrogens with zero attached hydrogens (tertiary/aromatic N) is 2. The van der Waals surface area contributed by atoms with E-state index in [2.05, 4.69) is 22.3 Å². The Labute approximate surface area is 207 Å². The predicted octanol–water partition coefficient (Wildman–Crippen LogP) is 4.09. The van der Waals surface area contributed by atoms with Crippen LogP contribution in [0.1, 0.15) is 34.8 Å². The van der Waals surface area contributed by atoms with E-state index in [4.69, 9.17) is 4.74 Å². The van der Waals surface area contributed by atoms with Crippen LogP contribution in [0.3, 0.4) is 0 Å². The molecule has 1 aliphatic heterocycles. The molecule has 1 atom stereocenters. The number of para-hydroxylation sites is 2. The van der Waals surface area contributed by atoms with Crippen molar-refractivity contribution < 1.29 is 17.9 Å². The zero-order valence-electron chi connectivity index (χ0n) is 20.1. The largest absolute Gasteiger partial charge is 0.495 e. The number of likely N-dealkylation sites (tertiary alicyclic amines) is 1. The molecule has 1 aliphatic rings. The lowest BCUT2D eigenvalue weighted by molar-refractivity contribution is 0.0938. The highest BCUT2D eigenvalue weighted by Gasteiger charge is 2.25. The summed E-state index contributed by atoms with van der Waals surface area (Å²) in [7, 11) is -0.844. The Morgan fingerprint density at radius 3 is 2.26 bits per heavy atom. The number of benzene rings is 3. The highest BCUT2D eigenvalue weighted by molar-refractivity contribution is 7.92. The minimum absolute atomic E-state index is 0.0988. The fourth-order valence-electron chi connectivity index (χ4n) is 4.43. The average Bonchev–Trinajstić information content (AvgIpc) is 3.43. The van der Waals surface area contributed by atoms with Crippen molar-refractivity contribution >= 4 is 21.6 Å². The minimum atomic E-state index is -3.82. The van der Waals surface area contributed by atoms with Gasteiger partial charge in [0, 0.05) is 19.2 Å². The third-order valence-corrected chi connectivity index (χ3v) is 8.21. The number of anilines is 1.